The Morgan fingerprint density at radius 1 is 1.30 bits per heavy atom. The van der Waals surface area contributed by atoms with Gasteiger partial charge in [0, 0.05) is 18.5 Å². The lowest BCUT2D eigenvalue weighted by Crippen LogP contribution is -2.02. The van der Waals surface area contributed by atoms with E-state index in [0.29, 0.717) is 0 Å². The molecule has 0 aliphatic rings. The zero-order chi connectivity index (χ0) is 14.1. The lowest BCUT2D eigenvalue weighted by molar-refractivity contribution is 0.631. The van der Waals surface area contributed by atoms with Crippen LogP contribution in [-0.2, 0) is 12.3 Å². The van der Waals surface area contributed by atoms with Crippen LogP contribution in [-0.4, -0.2) is 24.4 Å². The molecule has 0 atom stereocenters. The minimum Gasteiger partial charge on any atom is -0.277 e. The Balaban J connectivity index is 1.86. The molecule has 0 aliphatic heterocycles. The molecular weight excluding hydrogens is 338 g/mol. The average Bonchev–Trinajstić information content (AvgIpc) is 3.00. The molecule has 0 unspecified atom stereocenters. The summed E-state index contributed by atoms with van der Waals surface area (Å²) >= 11 is 5.28. The fourth-order valence-corrected chi connectivity index (χ4v) is 3.62. The first-order valence-electron chi connectivity index (χ1n) is 6.35. The molecule has 3 aromatic rings. The zero-order valence-corrected chi connectivity index (χ0v) is 13.6. The van der Waals surface area contributed by atoms with Crippen LogP contribution in [0.4, 0.5) is 0 Å². The van der Waals surface area contributed by atoms with E-state index in [4.69, 9.17) is 0 Å². The minimum atomic E-state index is 0.810. The predicted molar refractivity (Wildman–Crippen MR) is 82.9 cm³/mol. The molecule has 0 spiro atoms. The van der Waals surface area contributed by atoms with Crippen molar-refractivity contribution in [3.05, 3.63) is 40.3 Å². The van der Waals surface area contributed by atoms with E-state index in [9.17, 15) is 0 Å². The number of hydrogen-bond donors (Lipinski definition) is 0. The summed E-state index contributed by atoms with van der Waals surface area (Å²) in [6.45, 7) is 4.97. The van der Waals surface area contributed by atoms with E-state index in [1.807, 2.05) is 40.4 Å². The third-order valence-corrected chi connectivity index (χ3v) is 5.06. The number of halogens is 1. The van der Waals surface area contributed by atoms with E-state index in [1.54, 1.807) is 11.8 Å². The number of hydrogen-bond acceptors (Lipinski definition) is 4. The topological polar surface area (TPSA) is 48.0 Å². The second-order valence-corrected chi connectivity index (χ2v) is 6.10. The maximum atomic E-state index is 4.50. The average molecular weight is 352 g/mol. The van der Waals surface area contributed by atoms with Crippen LogP contribution in [0.25, 0.3) is 5.65 Å². The van der Waals surface area contributed by atoms with Crippen LogP contribution in [0.2, 0.25) is 0 Å². The van der Waals surface area contributed by atoms with Gasteiger partial charge in [-0.05, 0) is 41.9 Å². The van der Waals surface area contributed by atoms with Gasteiger partial charge in [0.15, 0.2) is 10.8 Å². The van der Waals surface area contributed by atoms with Gasteiger partial charge in [-0.2, -0.15) is 5.10 Å². The Labute approximate surface area is 129 Å². The summed E-state index contributed by atoms with van der Waals surface area (Å²) in [4.78, 5) is 0. The summed E-state index contributed by atoms with van der Waals surface area (Å²) < 4.78 is 5.11. The molecule has 0 aromatic carbocycles. The van der Waals surface area contributed by atoms with Gasteiger partial charge in [-0.1, -0.05) is 17.8 Å². The smallest absolute Gasteiger partial charge is 0.195 e. The van der Waals surface area contributed by atoms with Crippen molar-refractivity contribution in [1.82, 2.24) is 24.4 Å². The Morgan fingerprint density at radius 3 is 2.95 bits per heavy atom. The first-order valence-corrected chi connectivity index (χ1v) is 8.13. The van der Waals surface area contributed by atoms with Gasteiger partial charge in [0.25, 0.3) is 0 Å². The van der Waals surface area contributed by atoms with Crippen molar-refractivity contribution in [2.24, 2.45) is 0 Å². The number of nitrogens with zero attached hydrogens (tertiary/aromatic N) is 5. The quantitative estimate of drug-likeness (QED) is 0.676. The van der Waals surface area contributed by atoms with Gasteiger partial charge in [-0.3, -0.25) is 9.08 Å². The first kappa shape index (κ1) is 13.6. The summed E-state index contributed by atoms with van der Waals surface area (Å²) in [7, 11) is 0. The number of thioether (sulfide) groups is 1. The van der Waals surface area contributed by atoms with Crippen molar-refractivity contribution in [2.45, 2.75) is 31.3 Å². The van der Waals surface area contributed by atoms with Crippen LogP contribution < -0.4 is 0 Å². The lowest BCUT2D eigenvalue weighted by Gasteiger charge is -2.04. The lowest BCUT2D eigenvalue weighted by atomic mass is 10.4. The molecule has 20 heavy (non-hydrogen) atoms. The van der Waals surface area contributed by atoms with Gasteiger partial charge in [0.05, 0.1) is 15.9 Å². The summed E-state index contributed by atoms with van der Waals surface area (Å²) in [6, 6.07) is 5.90. The van der Waals surface area contributed by atoms with E-state index in [1.165, 1.54) is 5.69 Å². The molecule has 0 aliphatic carbocycles. The van der Waals surface area contributed by atoms with Crippen LogP contribution in [0.3, 0.4) is 0 Å². The summed E-state index contributed by atoms with van der Waals surface area (Å²) in [5.41, 5.74) is 3.07. The molecule has 3 heterocycles. The fraction of sp³-hybridized carbons (Fsp3) is 0.308. The summed E-state index contributed by atoms with van der Waals surface area (Å²) in [6.07, 6.45) is 1.98. The van der Waals surface area contributed by atoms with Crippen LogP contribution >= 0.6 is 27.7 Å². The minimum absolute atomic E-state index is 0.810. The van der Waals surface area contributed by atoms with Crippen LogP contribution in [0, 0.1) is 6.92 Å². The highest BCUT2D eigenvalue weighted by Crippen LogP contribution is 2.28. The predicted octanol–water partition coefficient (Wildman–Crippen LogP) is 3.31. The molecule has 3 aromatic heterocycles. The Morgan fingerprint density at radius 2 is 2.15 bits per heavy atom. The summed E-state index contributed by atoms with van der Waals surface area (Å²) in [5, 5.41) is 13.8. The maximum absolute atomic E-state index is 4.50. The number of pyridine rings is 1. The summed E-state index contributed by atoms with van der Waals surface area (Å²) in [5.74, 6) is 0.810. The van der Waals surface area contributed by atoms with E-state index < -0.39 is 0 Å². The van der Waals surface area contributed by atoms with Crippen LogP contribution in [0.5, 0.6) is 0 Å². The zero-order valence-electron chi connectivity index (χ0n) is 11.2. The molecule has 3 rings (SSSR count). The van der Waals surface area contributed by atoms with Crippen LogP contribution in [0.15, 0.2) is 34.0 Å². The number of aromatic nitrogens is 5. The third kappa shape index (κ3) is 2.35. The molecule has 0 saturated carbocycles. The Hall–Kier alpha value is -1.34. The van der Waals surface area contributed by atoms with Crippen molar-refractivity contribution < 1.29 is 0 Å². The number of aryl methyl sites for hydroxylation is 2. The van der Waals surface area contributed by atoms with Gasteiger partial charge >= 0.3 is 0 Å². The van der Waals surface area contributed by atoms with Crippen molar-refractivity contribution in [1.29, 1.82) is 0 Å². The maximum Gasteiger partial charge on any atom is 0.195 e. The largest absolute Gasteiger partial charge is 0.277 e. The first-order chi connectivity index (χ1) is 9.70. The van der Waals surface area contributed by atoms with Crippen molar-refractivity contribution in [3.8, 4) is 0 Å². The number of rotatable bonds is 4. The highest BCUT2D eigenvalue weighted by atomic mass is 79.9. The molecule has 0 fully saturated rings. The van der Waals surface area contributed by atoms with Gasteiger partial charge in [0.2, 0.25) is 0 Å². The molecule has 0 radical (unpaired) electrons. The second kappa shape index (κ2) is 5.57. The molecule has 5 nitrogen and oxygen atoms in total. The third-order valence-electron chi connectivity index (χ3n) is 3.07. The van der Waals surface area contributed by atoms with Gasteiger partial charge in [0.1, 0.15) is 0 Å². The van der Waals surface area contributed by atoms with E-state index in [-0.39, 0.29) is 0 Å². The highest BCUT2D eigenvalue weighted by molar-refractivity contribution is 9.10. The molecule has 0 bridgehead atoms. The monoisotopic (exact) mass is 351 g/mol. The highest BCUT2D eigenvalue weighted by Gasteiger charge is 2.14. The van der Waals surface area contributed by atoms with Crippen molar-refractivity contribution in [3.63, 3.8) is 0 Å². The standard InChI is InChI=1S/C13H14BrN5S/c1-3-19-10(12(14)9(2)17-19)8-20-13-16-15-11-6-4-5-7-18(11)13/h4-7H,3,8H2,1-2H3. The molecule has 0 N–H and O–H groups in total. The SMILES string of the molecule is CCn1nc(C)c(Br)c1CSc1nnc2ccccn12. The Bertz CT molecular complexity index is 748. The normalized spacial score (nSPS) is 11.3. The molecule has 0 saturated heterocycles. The van der Waals surface area contributed by atoms with Gasteiger partial charge in [-0.15, -0.1) is 10.2 Å². The molecule has 7 heteroatoms. The van der Waals surface area contributed by atoms with Crippen molar-refractivity contribution >= 4 is 33.3 Å². The van der Waals surface area contributed by atoms with Gasteiger partial charge < -0.3 is 0 Å². The second-order valence-electron chi connectivity index (χ2n) is 4.36. The van der Waals surface area contributed by atoms with Crippen LogP contribution in [0.1, 0.15) is 18.3 Å². The molecule has 0 amide bonds. The molecule has 104 valence electrons. The number of fused-ring (bicyclic) bond motifs is 1. The van der Waals surface area contributed by atoms with Crippen molar-refractivity contribution in [2.75, 3.05) is 0 Å². The fourth-order valence-electron chi connectivity index (χ4n) is 2.06. The van der Waals surface area contributed by atoms with E-state index >= 15 is 0 Å². The van der Waals surface area contributed by atoms with E-state index in [0.717, 1.165) is 33.3 Å². The van der Waals surface area contributed by atoms with E-state index in [2.05, 4.69) is 38.1 Å². The molecular formula is C13H14BrN5S. The Kier molecular flexibility index (Phi) is 3.80. The van der Waals surface area contributed by atoms with Gasteiger partial charge in [-0.25, -0.2) is 0 Å².